The van der Waals surface area contributed by atoms with Gasteiger partial charge in [-0.05, 0) is 49.4 Å². The number of amides is 1. The Balaban J connectivity index is 1.64. The van der Waals surface area contributed by atoms with E-state index in [4.69, 9.17) is 0 Å². The highest BCUT2D eigenvalue weighted by molar-refractivity contribution is 7.99. The van der Waals surface area contributed by atoms with E-state index >= 15 is 0 Å². The first-order chi connectivity index (χ1) is 11.7. The fourth-order valence-electron chi connectivity index (χ4n) is 3.03. The van der Waals surface area contributed by atoms with Gasteiger partial charge < -0.3 is 10.4 Å². The quantitative estimate of drug-likeness (QED) is 0.873. The maximum Gasteiger partial charge on any atom is 0.254 e. The number of hydrogen-bond acceptors (Lipinski definition) is 4. The molecule has 0 bridgehead atoms. The largest absolute Gasteiger partial charge is 0.393 e. The molecule has 126 valence electrons. The van der Waals surface area contributed by atoms with Gasteiger partial charge in [-0.1, -0.05) is 36.4 Å². The molecule has 1 aromatic carbocycles. The third kappa shape index (κ3) is 4.58. The van der Waals surface area contributed by atoms with Gasteiger partial charge in [0.1, 0.15) is 5.03 Å². The highest BCUT2D eigenvalue weighted by Crippen LogP contribution is 2.28. The first-order valence-corrected chi connectivity index (χ1v) is 9.18. The number of rotatable bonds is 5. The minimum atomic E-state index is -0.219. The first-order valence-electron chi connectivity index (χ1n) is 8.36. The standard InChI is InChI=1S/C19H22N2O2S/c22-15-7-4-6-14(12-15)13-21-18(23)17-10-5-11-20-19(17)24-16-8-2-1-3-9-16/h1-3,5,8-11,14-15,22H,4,6-7,12-13H2,(H,21,23). The average molecular weight is 342 g/mol. The predicted molar refractivity (Wildman–Crippen MR) is 95.1 cm³/mol. The SMILES string of the molecule is O=C(NCC1CCCC(O)C1)c1cccnc1Sc1ccccc1. The lowest BCUT2D eigenvalue weighted by Gasteiger charge is -2.26. The summed E-state index contributed by atoms with van der Waals surface area (Å²) in [5.74, 6) is 0.265. The molecule has 1 aliphatic carbocycles. The molecule has 2 atom stereocenters. The van der Waals surface area contributed by atoms with Crippen LogP contribution in [0.15, 0.2) is 58.6 Å². The summed E-state index contributed by atoms with van der Waals surface area (Å²) >= 11 is 1.49. The van der Waals surface area contributed by atoms with E-state index in [0.717, 1.165) is 30.6 Å². The molecule has 4 nitrogen and oxygen atoms in total. The van der Waals surface area contributed by atoms with Gasteiger partial charge in [-0.25, -0.2) is 4.98 Å². The van der Waals surface area contributed by atoms with Crippen LogP contribution in [0, 0.1) is 5.92 Å². The molecule has 0 radical (unpaired) electrons. The molecule has 0 saturated heterocycles. The van der Waals surface area contributed by atoms with Gasteiger partial charge in [0.15, 0.2) is 0 Å². The Kier molecular flexibility index (Phi) is 5.88. The lowest BCUT2D eigenvalue weighted by atomic mass is 9.87. The summed E-state index contributed by atoms with van der Waals surface area (Å²) < 4.78 is 0. The summed E-state index contributed by atoms with van der Waals surface area (Å²) in [5, 5.41) is 13.5. The second-order valence-electron chi connectivity index (χ2n) is 6.17. The molecule has 2 N–H and O–H groups in total. The molecular weight excluding hydrogens is 320 g/mol. The summed E-state index contributed by atoms with van der Waals surface area (Å²) in [6.45, 7) is 0.611. The summed E-state index contributed by atoms with van der Waals surface area (Å²) in [6.07, 6.45) is 5.24. The molecule has 1 aromatic heterocycles. The smallest absolute Gasteiger partial charge is 0.254 e. The summed E-state index contributed by atoms with van der Waals surface area (Å²) in [7, 11) is 0. The zero-order valence-corrected chi connectivity index (χ0v) is 14.3. The second kappa shape index (κ2) is 8.31. The molecule has 5 heteroatoms. The van der Waals surface area contributed by atoms with Gasteiger partial charge in [0.2, 0.25) is 0 Å². The molecule has 1 aliphatic rings. The van der Waals surface area contributed by atoms with Crippen LogP contribution >= 0.6 is 11.8 Å². The van der Waals surface area contributed by atoms with E-state index in [1.54, 1.807) is 12.3 Å². The number of pyridine rings is 1. The van der Waals surface area contributed by atoms with Crippen molar-refractivity contribution < 1.29 is 9.90 Å². The normalized spacial score (nSPS) is 20.5. The molecule has 0 aliphatic heterocycles. The molecule has 0 spiro atoms. The van der Waals surface area contributed by atoms with Crippen LogP contribution < -0.4 is 5.32 Å². The van der Waals surface area contributed by atoms with Crippen LogP contribution in [0.25, 0.3) is 0 Å². The predicted octanol–water partition coefficient (Wildman–Crippen LogP) is 3.51. The van der Waals surface area contributed by atoms with Crippen molar-refractivity contribution in [1.29, 1.82) is 0 Å². The van der Waals surface area contributed by atoms with Crippen LogP contribution in [-0.2, 0) is 0 Å². The lowest BCUT2D eigenvalue weighted by Crippen LogP contribution is -2.33. The molecule has 2 aromatic rings. The first kappa shape index (κ1) is 17.0. The summed E-state index contributed by atoms with van der Waals surface area (Å²) in [6, 6.07) is 13.5. The summed E-state index contributed by atoms with van der Waals surface area (Å²) in [5.41, 5.74) is 0.600. The number of hydrogen-bond donors (Lipinski definition) is 2. The maximum atomic E-state index is 12.6. The minimum Gasteiger partial charge on any atom is -0.393 e. The number of nitrogens with zero attached hydrogens (tertiary/aromatic N) is 1. The van der Waals surface area contributed by atoms with E-state index in [2.05, 4.69) is 10.3 Å². The highest BCUT2D eigenvalue weighted by atomic mass is 32.2. The van der Waals surface area contributed by atoms with Crippen LogP contribution in [-0.4, -0.2) is 28.6 Å². The third-order valence-corrected chi connectivity index (χ3v) is 5.31. The van der Waals surface area contributed by atoms with Gasteiger partial charge in [0.25, 0.3) is 5.91 Å². The fraction of sp³-hybridized carbons (Fsp3) is 0.368. The van der Waals surface area contributed by atoms with Crippen molar-refractivity contribution in [3.63, 3.8) is 0 Å². The van der Waals surface area contributed by atoms with Crippen LogP contribution in [0.3, 0.4) is 0 Å². The Morgan fingerprint density at radius 2 is 2.04 bits per heavy atom. The number of aromatic nitrogens is 1. The monoisotopic (exact) mass is 342 g/mol. The molecule has 3 rings (SSSR count). The zero-order valence-electron chi connectivity index (χ0n) is 13.5. The van der Waals surface area contributed by atoms with Crippen molar-refractivity contribution in [2.75, 3.05) is 6.54 Å². The molecule has 1 fully saturated rings. The Morgan fingerprint density at radius 3 is 2.83 bits per heavy atom. The number of benzene rings is 1. The number of aliphatic hydroxyl groups is 1. The number of nitrogens with one attached hydrogen (secondary N) is 1. The topological polar surface area (TPSA) is 62.2 Å². The van der Waals surface area contributed by atoms with Crippen molar-refractivity contribution in [2.24, 2.45) is 5.92 Å². The zero-order chi connectivity index (χ0) is 16.8. The lowest BCUT2D eigenvalue weighted by molar-refractivity contribution is 0.0871. The van der Waals surface area contributed by atoms with Crippen LogP contribution in [0.5, 0.6) is 0 Å². The number of carbonyl (C=O) groups excluding carboxylic acids is 1. The van der Waals surface area contributed by atoms with E-state index in [1.807, 2.05) is 36.4 Å². The summed E-state index contributed by atoms with van der Waals surface area (Å²) in [4.78, 5) is 18.0. The Bertz CT molecular complexity index is 678. The van der Waals surface area contributed by atoms with Crippen molar-refractivity contribution >= 4 is 17.7 Å². The van der Waals surface area contributed by atoms with Crippen molar-refractivity contribution in [3.8, 4) is 0 Å². The van der Waals surface area contributed by atoms with E-state index in [0.29, 0.717) is 23.1 Å². The molecule has 24 heavy (non-hydrogen) atoms. The molecule has 1 saturated carbocycles. The van der Waals surface area contributed by atoms with Gasteiger partial charge in [-0.2, -0.15) is 0 Å². The van der Waals surface area contributed by atoms with Gasteiger partial charge in [-0.15, -0.1) is 0 Å². The second-order valence-corrected chi connectivity index (χ2v) is 7.23. The van der Waals surface area contributed by atoms with Gasteiger partial charge in [-0.3, -0.25) is 4.79 Å². The van der Waals surface area contributed by atoms with Gasteiger partial charge in [0, 0.05) is 17.6 Å². The van der Waals surface area contributed by atoms with E-state index in [9.17, 15) is 9.90 Å². The van der Waals surface area contributed by atoms with Crippen molar-refractivity contribution in [2.45, 2.75) is 41.7 Å². The third-order valence-electron chi connectivity index (χ3n) is 4.28. The van der Waals surface area contributed by atoms with Gasteiger partial charge >= 0.3 is 0 Å². The van der Waals surface area contributed by atoms with Gasteiger partial charge in [0.05, 0.1) is 11.7 Å². The Labute approximate surface area is 146 Å². The Hall–Kier alpha value is -1.85. The Morgan fingerprint density at radius 1 is 1.21 bits per heavy atom. The van der Waals surface area contributed by atoms with E-state index in [1.165, 1.54) is 11.8 Å². The van der Waals surface area contributed by atoms with E-state index < -0.39 is 0 Å². The van der Waals surface area contributed by atoms with Crippen molar-refractivity contribution in [1.82, 2.24) is 10.3 Å². The van der Waals surface area contributed by atoms with E-state index in [-0.39, 0.29) is 12.0 Å². The van der Waals surface area contributed by atoms with Crippen molar-refractivity contribution in [3.05, 3.63) is 54.2 Å². The highest BCUT2D eigenvalue weighted by Gasteiger charge is 2.21. The van der Waals surface area contributed by atoms with Crippen LogP contribution in [0.4, 0.5) is 0 Å². The fourth-order valence-corrected chi connectivity index (χ4v) is 3.93. The average Bonchev–Trinajstić information content (AvgIpc) is 2.61. The van der Waals surface area contributed by atoms with Crippen LogP contribution in [0.1, 0.15) is 36.0 Å². The molecular formula is C19H22N2O2S. The number of aliphatic hydroxyl groups excluding tert-OH is 1. The molecule has 1 amide bonds. The molecule has 1 heterocycles. The van der Waals surface area contributed by atoms with Crippen LogP contribution in [0.2, 0.25) is 0 Å². The maximum absolute atomic E-state index is 12.6. The minimum absolute atomic E-state index is 0.0957. The number of carbonyl (C=O) groups is 1. The molecule has 2 unspecified atom stereocenters.